The number of rotatable bonds is 3. The molecule has 0 aliphatic rings. The van der Waals surface area contributed by atoms with E-state index in [0.29, 0.717) is 6.42 Å². The summed E-state index contributed by atoms with van der Waals surface area (Å²) in [5.74, 6) is 0. The van der Waals surface area contributed by atoms with Crippen LogP contribution in [-0.4, -0.2) is 19.5 Å². The molecule has 0 saturated carbocycles. The Morgan fingerprint density at radius 2 is 1.75 bits per heavy atom. The Labute approximate surface area is 99.7 Å². The number of hydrogen-bond donors (Lipinski definition) is 0. The zero-order valence-electron chi connectivity index (χ0n) is 9.04. The van der Waals surface area contributed by atoms with Crippen LogP contribution in [0.3, 0.4) is 0 Å². The summed E-state index contributed by atoms with van der Waals surface area (Å²) in [7, 11) is 0. The first kappa shape index (κ1) is 13.7. The second kappa shape index (κ2) is 5.29. The maximum atomic E-state index is 12.3. The Bertz CT molecular complexity index is 370. The van der Waals surface area contributed by atoms with Gasteiger partial charge in [-0.15, -0.1) is 0 Å². The van der Waals surface area contributed by atoms with Crippen LogP contribution >= 0.6 is 0 Å². The standard InChI is InChI=1S/C11H13F3OTe/c1-8(16(2)15)7-9-3-5-10(6-4-9)11(12,13)14/h3-6,8H,7H2,1-2H3. The van der Waals surface area contributed by atoms with Crippen molar-refractivity contribution in [3.63, 3.8) is 0 Å². The first-order chi connectivity index (χ1) is 7.30. The molecular weight excluding hydrogens is 333 g/mol. The van der Waals surface area contributed by atoms with Crippen molar-refractivity contribution >= 4 is 19.5 Å². The third-order valence-corrected chi connectivity index (χ3v) is 6.08. The van der Waals surface area contributed by atoms with Crippen molar-refractivity contribution in [3.8, 4) is 0 Å². The minimum atomic E-state index is -4.29. The van der Waals surface area contributed by atoms with Crippen molar-refractivity contribution in [3.05, 3.63) is 35.4 Å². The molecule has 0 bridgehead atoms. The summed E-state index contributed by atoms with van der Waals surface area (Å²) in [5, 5.41) is 0. The van der Waals surface area contributed by atoms with E-state index < -0.39 is 31.3 Å². The topological polar surface area (TPSA) is 17.1 Å². The van der Waals surface area contributed by atoms with Gasteiger partial charge in [0, 0.05) is 0 Å². The van der Waals surface area contributed by atoms with Gasteiger partial charge in [0.25, 0.3) is 0 Å². The molecule has 0 saturated heterocycles. The Morgan fingerprint density at radius 3 is 2.12 bits per heavy atom. The van der Waals surface area contributed by atoms with Gasteiger partial charge in [0.2, 0.25) is 0 Å². The van der Waals surface area contributed by atoms with E-state index in [1.807, 2.05) is 6.92 Å². The van der Waals surface area contributed by atoms with E-state index in [1.54, 1.807) is 4.97 Å². The van der Waals surface area contributed by atoms with E-state index in [1.165, 1.54) is 12.1 Å². The van der Waals surface area contributed by atoms with E-state index in [4.69, 9.17) is 0 Å². The summed E-state index contributed by atoms with van der Waals surface area (Å²) >= 11 is -2.23. The Kier molecular flexibility index (Phi) is 4.51. The molecule has 90 valence electrons. The van der Waals surface area contributed by atoms with Gasteiger partial charge in [-0.3, -0.25) is 0 Å². The monoisotopic (exact) mass is 348 g/mol. The van der Waals surface area contributed by atoms with Crippen LogP contribution in [0.4, 0.5) is 13.2 Å². The molecule has 0 fully saturated rings. The van der Waals surface area contributed by atoms with Gasteiger partial charge in [0.15, 0.2) is 0 Å². The molecule has 0 amide bonds. The van der Waals surface area contributed by atoms with E-state index in [9.17, 15) is 16.3 Å². The van der Waals surface area contributed by atoms with Gasteiger partial charge in [0.1, 0.15) is 0 Å². The summed E-state index contributed by atoms with van der Waals surface area (Å²) < 4.78 is 48.2. The summed E-state index contributed by atoms with van der Waals surface area (Å²) in [5.41, 5.74) is 0.170. The van der Waals surface area contributed by atoms with Crippen molar-refractivity contribution in [2.45, 2.75) is 28.5 Å². The van der Waals surface area contributed by atoms with Crippen molar-refractivity contribution in [1.82, 2.24) is 0 Å². The molecule has 1 unspecified atom stereocenters. The van der Waals surface area contributed by atoms with Crippen molar-refractivity contribution in [1.29, 1.82) is 0 Å². The number of hydrogen-bond acceptors (Lipinski definition) is 1. The average Bonchev–Trinajstić information content (AvgIpc) is 2.17. The van der Waals surface area contributed by atoms with Gasteiger partial charge >= 0.3 is 99.7 Å². The fourth-order valence-electron chi connectivity index (χ4n) is 1.28. The molecular formula is C11H13F3OTe. The van der Waals surface area contributed by atoms with Crippen molar-refractivity contribution in [2.75, 3.05) is 0 Å². The molecule has 5 heteroatoms. The third kappa shape index (κ3) is 3.88. The van der Waals surface area contributed by atoms with Gasteiger partial charge in [0.05, 0.1) is 0 Å². The van der Waals surface area contributed by atoms with E-state index in [-0.39, 0.29) is 3.97 Å². The molecule has 1 aromatic rings. The molecule has 0 spiro atoms. The molecule has 0 aliphatic carbocycles. The molecule has 0 aliphatic heterocycles. The normalized spacial score (nSPS) is 14.1. The zero-order chi connectivity index (χ0) is 12.3. The molecule has 0 aromatic heterocycles. The van der Waals surface area contributed by atoms with Gasteiger partial charge in [-0.05, 0) is 0 Å². The second-order valence-corrected chi connectivity index (χ2v) is 8.85. The first-order valence-electron chi connectivity index (χ1n) is 4.79. The number of benzene rings is 1. The van der Waals surface area contributed by atoms with Crippen LogP contribution in [0.25, 0.3) is 0 Å². The first-order valence-corrected chi connectivity index (χ1v) is 9.42. The minimum absolute atomic E-state index is 0.0975. The van der Waals surface area contributed by atoms with Gasteiger partial charge in [-0.1, -0.05) is 0 Å². The Balaban J connectivity index is 2.76. The number of halogens is 3. The molecule has 1 nitrogen and oxygen atoms in total. The van der Waals surface area contributed by atoms with Crippen LogP contribution in [-0.2, 0) is 15.7 Å². The van der Waals surface area contributed by atoms with Crippen LogP contribution in [0.5, 0.6) is 0 Å². The van der Waals surface area contributed by atoms with Crippen LogP contribution in [0.1, 0.15) is 18.1 Å². The number of alkyl halides is 3. The van der Waals surface area contributed by atoms with Crippen LogP contribution < -0.4 is 0 Å². The average molecular weight is 346 g/mol. The summed E-state index contributed by atoms with van der Waals surface area (Å²) in [6.45, 7) is 1.88. The third-order valence-electron chi connectivity index (χ3n) is 2.37. The van der Waals surface area contributed by atoms with Gasteiger partial charge in [-0.25, -0.2) is 0 Å². The maximum absolute atomic E-state index is 12.3. The summed E-state index contributed by atoms with van der Waals surface area (Å²) in [6, 6.07) is 5.06. The predicted octanol–water partition coefficient (Wildman–Crippen LogP) is 3.69. The van der Waals surface area contributed by atoms with E-state index in [2.05, 4.69) is 0 Å². The van der Waals surface area contributed by atoms with Gasteiger partial charge < -0.3 is 0 Å². The molecule has 0 radical (unpaired) electrons. The van der Waals surface area contributed by atoms with Crippen molar-refractivity contribution < 1.29 is 16.3 Å². The van der Waals surface area contributed by atoms with E-state index >= 15 is 0 Å². The van der Waals surface area contributed by atoms with Crippen LogP contribution in [0.2, 0.25) is 8.94 Å². The summed E-state index contributed by atoms with van der Waals surface area (Å²) in [4.78, 5) is 1.73. The molecule has 0 N–H and O–H groups in total. The molecule has 16 heavy (non-hydrogen) atoms. The molecule has 0 heterocycles. The molecule has 1 aromatic carbocycles. The predicted molar refractivity (Wildman–Crippen MR) is 56.9 cm³/mol. The Morgan fingerprint density at radius 1 is 1.25 bits per heavy atom. The SMILES string of the molecule is CC(Cc1ccc(C(F)(F)F)cc1)[Te](C)=O. The summed E-state index contributed by atoms with van der Waals surface area (Å²) in [6.07, 6.45) is -3.69. The van der Waals surface area contributed by atoms with Crippen molar-refractivity contribution in [2.24, 2.45) is 0 Å². The second-order valence-electron chi connectivity index (χ2n) is 3.71. The molecule has 1 atom stereocenters. The van der Waals surface area contributed by atoms with Crippen LogP contribution in [0.15, 0.2) is 24.3 Å². The van der Waals surface area contributed by atoms with Crippen LogP contribution in [0, 0.1) is 0 Å². The fourth-order valence-corrected chi connectivity index (χ4v) is 2.50. The van der Waals surface area contributed by atoms with Gasteiger partial charge in [-0.2, -0.15) is 0 Å². The zero-order valence-corrected chi connectivity index (χ0v) is 11.4. The quantitative estimate of drug-likeness (QED) is 0.764. The molecule has 1 rings (SSSR count). The Hall–Kier alpha value is -0.400. The van der Waals surface area contributed by atoms with E-state index in [0.717, 1.165) is 17.7 Å². The fraction of sp³-hybridized carbons (Fsp3) is 0.455.